The minimum atomic E-state index is -0.168. The third kappa shape index (κ3) is 3.30. The van der Waals surface area contributed by atoms with Crippen molar-refractivity contribution < 1.29 is 4.79 Å². The van der Waals surface area contributed by atoms with Gasteiger partial charge in [0.05, 0.1) is 6.20 Å². The number of fused-ring (bicyclic) bond motifs is 3. The highest BCUT2D eigenvalue weighted by molar-refractivity contribution is 5.94. The summed E-state index contributed by atoms with van der Waals surface area (Å²) in [6.07, 6.45) is 5.64. The van der Waals surface area contributed by atoms with Gasteiger partial charge in [-0.25, -0.2) is 0 Å². The molecule has 6 nitrogen and oxygen atoms in total. The van der Waals surface area contributed by atoms with Gasteiger partial charge in [-0.2, -0.15) is 9.61 Å². The summed E-state index contributed by atoms with van der Waals surface area (Å²) in [5, 5.41) is 17.5. The van der Waals surface area contributed by atoms with E-state index in [2.05, 4.69) is 20.6 Å². The Morgan fingerprint density at radius 3 is 2.73 bits per heavy atom. The van der Waals surface area contributed by atoms with Crippen LogP contribution < -0.4 is 5.32 Å². The first-order valence-corrected chi connectivity index (χ1v) is 8.40. The molecule has 0 fully saturated rings. The molecule has 1 amide bonds. The van der Waals surface area contributed by atoms with Gasteiger partial charge in [-0.15, -0.1) is 10.2 Å². The Labute approximate surface area is 150 Å². The van der Waals surface area contributed by atoms with Crippen molar-refractivity contribution in [2.45, 2.75) is 6.42 Å². The molecule has 26 heavy (non-hydrogen) atoms. The maximum absolute atomic E-state index is 12.0. The van der Waals surface area contributed by atoms with Gasteiger partial charge in [-0.3, -0.25) is 4.79 Å². The van der Waals surface area contributed by atoms with E-state index in [1.165, 1.54) is 11.6 Å². The molecular formula is C20H17N5O. The summed E-state index contributed by atoms with van der Waals surface area (Å²) in [6, 6.07) is 17.9. The molecule has 128 valence electrons. The van der Waals surface area contributed by atoms with Gasteiger partial charge in [0.15, 0.2) is 11.5 Å². The molecule has 1 N–H and O–H groups in total. The summed E-state index contributed by atoms with van der Waals surface area (Å²) in [4.78, 5) is 12.0. The topological polar surface area (TPSA) is 72.2 Å². The largest absolute Gasteiger partial charge is 0.352 e. The van der Waals surface area contributed by atoms with Gasteiger partial charge >= 0.3 is 0 Å². The maximum atomic E-state index is 12.0. The molecule has 6 heteroatoms. The predicted molar refractivity (Wildman–Crippen MR) is 100 cm³/mol. The van der Waals surface area contributed by atoms with E-state index >= 15 is 0 Å². The number of carbonyl (C=O) groups is 1. The van der Waals surface area contributed by atoms with E-state index in [0.29, 0.717) is 18.0 Å². The number of benzene rings is 2. The lowest BCUT2D eigenvalue weighted by Crippen LogP contribution is -2.23. The molecule has 0 aliphatic rings. The fraction of sp³-hybridized carbons (Fsp3) is 0.100. The van der Waals surface area contributed by atoms with Crippen molar-refractivity contribution in [1.29, 1.82) is 0 Å². The fourth-order valence-corrected chi connectivity index (χ4v) is 2.79. The van der Waals surface area contributed by atoms with Crippen LogP contribution in [0.3, 0.4) is 0 Å². The summed E-state index contributed by atoms with van der Waals surface area (Å²) >= 11 is 0. The lowest BCUT2D eigenvalue weighted by molar-refractivity contribution is -0.116. The fourth-order valence-electron chi connectivity index (χ4n) is 2.79. The summed E-state index contributed by atoms with van der Waals surface area (Å²) in [5.41, 5.74) is 1.86. The van der Waals surface area contributed by atoms with E-state index in [1.54, 1.807) is 16.8 Å². The highest BCUT2D eigenvalue weighted by atomic mass is 16.1. The average Bonchev–Trinajstić information content (AvgIpc) is 3.11. The molecule has 0 saturated heterocycles. The number of amides is 1. The Morgan fingerprint density at radius 2 is 1.85 bits per heavy atom. The monoisotopic (exact) mass is 343 g/mol. The third-order valence-corrected chi connectivity index (χ3v) is 4.12. The first kappa shape index (κ1) is 16.0. The molecule has 0 unspecified atom stereocenters. The molecule has 0 spiro atoms. The van der Waals surface area contributed by atoms with Crippen molar-refractivity contribution >= 4 is 28.4 Å². The lowest BCUT2D eigenvalue weighted by Gasteiger charge is -2.02. The van der Waals surface area contributed by atoms with Gasteiger partial charge in [-0.05, 0) is 18.1 Å². The van der Waals surface area contributed by atoms with Crippen molar-refractivity contribution in [3.05, 3.63) is 78.3 Å². The predicted octanol–water partition coefficient (Wildman–Crippen LogP) is 2.65. The van der Waals surface area contributed by atoms with Crippen LogP contribution in [0.2, 0.25) is 0 Å². The van der Waals surface area contributed by atoms with Gasteiger partial charge in [0.1, 0.15) is 0 Å². The normalized spacial score (nSPS) is 11.4. The highest BCUT2D eigenvalue weighted by Crippen LogP contribution is 2.17. The quantitative estimate of drug-likeness (QED) is 0.566. The van der Waals surface area contributed by atoms with Crippen LogP contribution in [0.4, 0.5) is 0 Å². The Morgan fingerprint density at radius 1 is 1.04 bits per heavy atom. The Bertz CT molecular complexity index is 1090. The zero-order valence-electron chi connectivity index (χ0n) is 14.0. The summed E-state index contributed by atoms with van der Waals surface area (Å²) < 4.78 is 1.64. The van der Waals surface area contributed by atoms with E-state index in [0.717, 1.165) is 17.2 Å². The number of hydrogen-bond acceptors (Lipinski definition) is 4. The smallest absolute Gasteiger partial charge is 0.244 e. The number of rotatable bonds is 5. The first-order chi connectivity index (χ1) is 12.8. The van der Waals surface area contributed by atoms with Crippen LogP contribution in [0.15, 0.2) is 66.9 Å². The van der Waals surface area contributed by atoms with Gasteiger partial charge in [-0.1, -0.05) is 54.6 Å². The number of nitrogens with zero attached hydrogens (tertiary/aromatic N) is 4. The molecule has 0 atom stereocenters. The zero-order chi connectivity index (χ0) is 17.8. The second kappa shape index (κ2) is 7.14. The van der Waals surface area contributed by atoms with Crippen molar-refractivity contribution in [3.8, 4) is 0 Å². The summed E-state index contributed by atoms with van der Waals surface area (Å²) in [5.74, 6) is 0.349. The number of nitrogens with one attached hydrogen (secondary N) is 1. The standard InChI is InChI=1S/C20H17N5O/c26-19(21-13-12-15-6-2-1-3-7-15)11-10-18-23-24-20-17-9-5-4-8-16(17)14-22-25(18)20/h1-11,14H,12-13H2,(H,21,26)/b11-10+. The van der Waals surface area contributed by atoms with Crippen molar-refractivity contribution in [3.63, 3.8) is 0 Å². The van der Waals surface area contributed by atoms with Gasteiger partial charge in [0.2, 0.25) is 5.91 Å². The Balaban J connectivity index is 1.45. The number of carbonyl (C=O) groups excluding carboxylic acids is 1. The molecule has 0 aliphatic carbocycles. The Kier molecular flexibility index (Phi) is 4.38. The molecule has 0 aliphatic heterocycles. The summed E-state index contributed by atoms with van der Waals surface area (Å²) in [7, 11) is 0. The van der Waals surface area contributed by atoms with Crippen LogP contribution in [0.25, 0.3) is 22.5 Å². The first-order valence-electron chi connectivity index (χ1n) is 8.40. The SMILES string of the molecule is O=C(/C=C/c1nnc2c3ccccc3cnn12)NCCc1ccccc1. The molecular weight excluding hydrogens is 326 g/mol. The van der Waals surface area contributed by atoms with Gasteiger partial charge < -0.3 is 5.32 Å². The lowest BCUT2D eigenvalue weighted by atomic mass is 10.1. The Hall–Kier alpha value is -3.54. The van der Waals surface area contributed by atoms with E-state index < -0.39 is 0 Å². The van der Waals surface area contributed by atoms with E-state index in [1.807, 2.05) is 54.6 Å². The molecule has 0 radical (unpaired) electrons. The highest BCUT2D eigenvalue weighted by Gasteiger charge is 2.08. The molecule has 4 aromatic rings. The van der Waals surface area contributed by atoms with Crippen molar-refractivity contribution in [2.24, 2.45) is 0 Å². The maximum Gasteiger partial charge on any atom is 0.244 e. The van der Waals surface area contributed by atoms with Crippen LogP contribution in [-0.2, 0) is 11.2 Å². The van der Waals surface area contributed by atoms with E-state index in [-0.39, 0.29) is 5.91 Å². The number of hydrogen-bond donors (Lipinski definition) is 1. The third-order valence-electron chi connectivity index (χ3n) is 4.12. The second-order valence-corrected chi connectivity index (χ2v) is 5.89. The van der Waals surface area contributed by atoms with Gasteiger partial charge in [0.25, 0.3) is 0 Å². The molecule has 0 bridgehead atoms. The molecule has 2 aromatic carbocycles. The molecule has 0 saturated carbocycles. The minimum absolute atomic E-state index is 0.168. The van der Waals surface area contributed by atoms with Crippen molar-refractivity contribution in [1.82, 2.24) is 25.1 Å². The van der Waals surface area contributed by atoms with Crippen molar-refractivity contribution in [2.75, 3.05) is 6.54 Å². The van der Waals surface area contributed by atoms with Gasteiger partial charge in [0, 0.05) is 23.4 Å². The van der Waals surface area contributed by atoms with Crippen LogP contribution in [0, 0.1) is 0 Å². The zero-order valence-corrected chi connectivity index (χ0v) is 14.0. The average molecular weight is 343 g/mol. The van der Waals surface area contributed by atoms with E-state index in [4.69, 9.17) is 0 Å². The molecule has 4 rings (SSSR count). The van der Waals surface area contributed by atoms with Crippen LogP contribution >= 0.6 is 0 Å². The molecule has 2 aromatic heterocycles. The van der Waals surface area contributed by atoms with Crippen LogP contribution in [0.1, 0.15) is 11.4 Å². The van der Waals surface area contributed by atoms with Crippen LogP contribution in [0.5, 0.6) is 0 Å². The van der Waals surface area contributed by atoms with Crippen LogP contribution in [-0.4, -0.2) is 32.3 Å². The van der Waals surface area contributed by atoms with E-state index in [9.17, 15) is 4.79 Å². The summed E-state index contributed by atoms with van der Waals surface area (Å²) in [6.45, 7) is 0.580. The second-order valence-electron chi connectivity index (χ2n) is 5.89. The molecule has 2 heterocycles. The number of aromatic nitrogens is 4. The minimum Gasteiger partial charge on any atom is -0.352 e.